The van der Waals surface area contributed by atoms with Crippen LogP contribution in [0, 0.1) is 0 Å². The first-order valence-electron chi connectivity index (χ1n) is 7.07. The Bertz CT molecular complexity index is 683. The zero-order chi connectivity index (χ0) is 15.6. The standard InChI is InChI=1S/C14H21N5OS/c1-6-15-13-17-16-11(21-13)9-8-10(14(3,4)5)18-19(7-2)12(9)20/h8H,6-7H2,1-5H3,(H,15,17). The van der Waals surface area contributed by atoms with E-state index in [0.717, 1.165) is 17.4 Å². The Morgan fingerprint density at radius 1 is 1.29 bits per heavy atom. The van der Waals surface area contributed by atoms with E-state index < -0.39 is 0 Å². The molecule has 0 radical (unpaired) electrons. The first kappa shape index (κ1) is 15.6. The second-order valence-corrected chi connectivity index (χ2v) is 6.73. The lowest BCUT2D eigenvalue weighted by Gasteiger charge is -2.19. The third-order valence-electron chi connectivity index (χ3n) is 3.03. The number of nitrogens with zero attached hydrogens (tertiary/aromatic N) is 4. The Labute approximate surface area is 128 Å². The van der Waals surface area contributed by atoms with Crippen LogP contribution in [0.1, 0.15) is 40.3 Å². The summed E-state index contributed by atoms with van der Waals surface area (Å²) >= 11 is 1.39. The molecule has 0 aliphatic carbocycles. The highest BCUT2D eigenvalue weighted by Crippen LogP contribution is 2.27. The van der Waals surface area contributed by atoms with E-state index in [2.05, 4.69) is 41.4 Å². The summed E-state index contributed by atoms with van der Waals surface area (Å²) < 4.78 is 1.49. The molecule has 21 heavy (non-hydrogen) atoms. The molecule has 0 fully saturated rings. The molecule has 114 valence electrons. The van der Waals surface area contributed by atoms with Gasteiger partial charge in [0.2, 0.25) is 5.13 Å². The highest BCUT2D eigenvalue weighted by molar-refractivity contribution is 7.18. The van der Waals surface area contributed by atoms with Crippen LogP contribution in [0.2, 0.25) is 0 Å². The van der Waals surface area contributed by atoms with Crippen molar-refractivity contribution in [2.45, 2.75) is 46.6 Å². The van der Waals surface area contributed by atoms with Gasteiger partial charge in [0.05, 0.1) is 11.3 Å². The van der Waals surface area contributed by atoms with E-state index >= 15 is 0 Å². The van der Waals surface area contributed by atoms with Crippen molar-refractivity contribution in [3.63, 3.8) is 0 Å². The molecule has 0 saturated heterocycles. The molecule has 0 amide bonds. The summed E-state index contributed by atoms with van der Waals surface area (Å²) in [5.74, 6) is 0. The van der Waals surface area contributed by atoms with Crippen LogP contribution >= 0.6 is 11.3 Å². The summed E-state index contributed by atoms with van der Waals surface area (Å²) in [6.07, 6.45) is 0. The summed E-state index contributed by atoms with van der Waals surface area (Å²) in [6, 6.07) is 1.84. The van der Waals surface area contributed by atoms with Crippen molar-refractivity contribution >= 4 is 16.5 Å². The highest BCUT2D eigenvalue weighted by atomic mass is 32.1. The molecule has 0 saturated carbocycles. The van der Waals surface area contributed by atoms with Crippen molar-refractivity contribution in [3.8, 4) is 10.6 Å². The lowest BCUT2D eigenvalue weighted by atomic mass is 9.91. The lowest BCUT2D eigenvalue weighted by molar-refractivity contribution is 0.512. The maximum atomic E-state index is 12.5. The van der Waals surface area contributed by atoms with Gasteiger partial charge in [-0.1, -0.05) is 32.1 Å². The minimum absolute atomic E-state index is 0.121. The number of anilines is 1. The van der Waals surface area contributed by atoms with Crippen LogP contribution in [0.3, 0.4) is 0 Å². The van der Waals surface area contributed by atoms with Gasteiger partial charge >= 0.3 is 0 Å². The molecule has 2 aromatic heterocycles. The summed E-state index contributed by atoms with van der Waals surface area (Å²) in [4.78, 5) is 12.5. The van der Waals surface area contributed by atoms with Gasteiger partial charge in [0, 0.05) is 18.5 Å². The third kappa shape index (κ3) is 3.29. The summed E-state index contributed by atoms with van der Waals surface area (Å²) in [6.45, 7) is 11.4. The normalized spacial score (nSPS) is 11.7. The minimum atomic E-state index is -0.130. The molecule has 2 aromatic rings. The lowest BCUT2D eigenvalue weighted by Crippen LogP contribution is -2.28. The van der Waals surface area contributed by atoms with Gasteiger partial charge in [-0.15, -0.1) is 10.2 Å². The molecule has 0 aliphatic rings. The summed E-state index contributed by atoms with van der Waals surface area (Å²) in [7, 11) is 0. The molecule has 0 spiro atoms. The maximum absolute atomic E-state index is 12.5. The predicted octanol–water partition coefficient (Wildman–Crippen LogP) is 2.51. The van der Waals surface area contributed by atoms with Gasteiger partial charge < -0.3 is 5.32 Å². The highest BCUT2D eigenvalue weighted by Gasteiger charge is 2.21. The van der Waals surface area contributed by atoms with Gasteiger partial charge in [-0.3, -0.25) is 4.79 Å². The first-order valence-corrected chi connectivity index (χ1v) is 7.88. The molecule has 0 aromatic carbocycles. The van der Waals surface area contributed by atoms with Crippen molar-refractivity contribution in [2.75, 3.05) is 11.9 Å². The fourth-order valence-corrected chi connectivity index (χ4v) is 2.65. The number of aromatic nitrogens is 4. The number of aryl methyl sites for hydroxylation is 1. The van der Waals surface area contributed by atoms with Crippen molar-refractivity contribution in [2.24, 2.45) is 0 Å². The smallest absolute Gasteiger partial charge is 0.277 e. The topological polar surface area (TPSA) is 72.7 Å². The van der Waals surface area contributed by atoms with Gasteiger partial charge in [0.1, 0.15) is 0 Å². The van der Waals surface area contributed by atoms with Crippen molar-refractivity contribution in [1.82, 2.24) is 20.0 Å². The molecule has 6 nitrogen and oxygen atoms in total. The molecular weight excluding hydrogens is 286 g/mol. The number of rotatable bonds is 4. The second kappa shape index (κ2) is 5.93. The Morgan fingerprint density at radius 2 is 2.00 bits per heavy atom. The van der Waals surface area contributed by atoms with Crippen molar-refractivity contribution in [3.05, 3.63) is 22.1 Å². The first-order chi connectivity index (χ1) is 9.86. The predicted molar refractivity (Wildman–Crippen MR) is 85.9 cm³/mol. The van der Waals surface area contributed by atoms with Crippen molar-refractivity contribution in [1.29, 1.82) is 0 Å². The number of hydrogen-bond donors (Lipinski definition) is 1. The van der Waals surface area contributed by atoms with Crippen molar-refractivity contribution < 1.29 is 0 Å². The number of nitrogens with one attached hydrogen (secondary N) is 1. The molecule has 0 unspecified atom stereocenters. The second-order valence-electron chi connectivity index (χ2n) is 5.76. The number of hydrogen-bond acceptors (Lipinski definition) is 6. The Balaban J connectivity index is 2.58. The maximum Gasteiger partial charge on any atom is 0.277 e. The van der Waals surface area contributed by atoms with E-state index in [1.165, 1.54) is 16.0 Å². The largest absolute Gasteiger partial charge is 0.360 e. The quantitative estimate of drug-likeness (QED) is 0.939. The zero-order valence-electron chi connectivity index (χ0n) is 13.1. The van der Waals surface area contributed by atoms with E-state index in [0.29, 0.717) is 17.1 Å². The molecule has 7 heteroatoms. The fourth-order valence-electron chi connectivity index (χ4n) is 1.83. The third-order valence-corrected chi connectivity index (χ3v) is 3.94. The van der Waals surface area contributed by atoms with Gasteiger partial charge in [-0.05, 0) is 19.9 Å². The molecular formula is C14H21N5OS. The summed E-state index contributed by atoms with van der Waals surface area (Å²) in [5, 5.41) is 17.1. The molecule has 0 atom stereocenters. The van der Waals surface area contributed by atoms with Crippen LogP contribution in [-0.2, 0) is 12.0 Å². The molecule has 0 aliphatic heterocycles. The van der Waals surface area contributed by atoms with Crippen LogP contribution in [0.15, 0.2) is 10.9 Å². The average Bonchev–Trinajstić information content (AvgIpc) is 2.86. The van der Waals surface area contributed by atoms with Crippen LogP contribution < -0.4 is 10.9 Å². The van der Waals surface area contributed by atoms with Crippen LogP contribution in [0.5, 0.6) is 0 Å². The van der Waals surface area contributed by atoms with E-state index in [1.54, 1.807) is 0 Å². The van der Waals surface area contributed by atoms with Crippen LogP contribution in [0.25, 0.3) is 10.6 Å². The van der Waals surface area contributed by atoms with E-state index in [1.807, 2.05) is 19.9 Å². The van der Waals surface area contributed by atoms with Gasteiger partial charge in [-0.2, -0.15) is 5.10 Å². The van der Waals surface area contributed by atoms with E-state index in [4.69, 9.17) is 0 Å². The SMILES string of the molecule is CCNc1nnc(-c2cc(C(C)(C)C)nn(CC)c2=O)s1. The van der Waals surface area contributed by atoms with Gasteiger partial charge in [0.25, 0.3) is 5.56 Å². The Hall–Kier alpha value is -1.76. The zero-order valence-corrected chi connectivity index (χ0v) is 13.9. The van der Waals surface area contributed by atoms with Crippen LogP contribution in [0.4, 0.5) is 5.13 Å². The van der Waals surface area contributed by atoms with Gasteiger partial charge in [-0.25, -0.2) is 4.68 Å². The molecule has 0 bridgehead atoms. The monoisotopic (exact) mass is 307 g/mol. The minimum Gasteiger partial charge on any atom is -0.360 e. The molecule has 2 heterocycles. The Morgan fingerprint density at radius 3 is 2.57 bits per heavy atom. The average molecular weight is 307 g/mol. The molecule has 1 N–H and O–H groups in total. The van der Waals surface area contributed by atoms with E-state index in [-0.39, 0.29) is 11.0 Å². The Kier molecular flexibility index (Phi) is 4.41. The molecule has 2 rings (SSSR count). The fraction of sp³-hybridized carbons (Fsp3) is 0.571. The van der Waals surface area contributed by atoms with Gasteiger partial charge in [0.15, 0.2) is 5.01 Å². The van der Waals surface area contributed by atoms with Crippen LogP contribution in [-0.4, -0.2) is 26.5 Å². The van der Waals surface area contributed by atoms with E-state index in [9.17, 15) is 4.79 Å². The summed E-state index contributed by atoms with van der Waals surface area (Å²) in [5.41, 5.74) is 1.19.